The van der Waals surface area contributed by atoms with Crippen molar-refractivity contribution in [1.82, 2.24) is 20.2 Å². The molecular weight excluding hydrogens is 540 g/mol. The number of nitrogen functional groups attached to an aromatic ring is 2. The molecule has 4 atom stereocenters. The molecule has 0 bridgehead atoms. The van der Waals surface area contributed by atoms with Crippen LogP contribution in [0.1, 0.15) is 57.8 Å². The number of benzene rings is 3. The second-order valence-corrected chi connectivity index (χ2v) is 12.3. The monoisotopic (exact) mass is 580 g/mol. The van der Waals surface area contributed by atoms with E-state index in [2.05, 4.69) is 46.7 Å². The number of rotatable bonds is 6. The van der Waals surface area contributed by atoms with Gasteiger partial charge in [0.15, 0.2) is 0 Å². The Kier molecular flexibility index (Phi) is 7.73. The van der Waals surface area contributed by atoms with Gasteiger partial charge in [0.1, 0.15) is 11.9 Å². The van der Waals surface area contributed by atoms with E-state index >= 15 is 0 Å². The van der Waals surface area contributed by atoms with Crippen LogP contribution in [-0.2, 0) is 9.53 Å². The zero-order valence-corrected chi connectivity index (χ0v) is 25.0. The second kappa shape index (κ2) is 11.6. The standard InChI is InChI=1S/C34H40N6O3/c1-19(2)31(39-34(42)43-3)33(41)40-29-7-5-4-6-25(29)17-30(40)32-37-18-28(38-32)24-11-10-20-14-21(8-9-22(20)15-24)23-12-13-26(35)27(36)16-23/h8-16,18-19,25,29-31H,4-7,17,35-36H2,1-3H3,(H,37,38)(H,39,42)/t25-,29-,30-,31-/m0/s1. The lowest BCUT2D eigenvalue weighted by atomic mass is 9.84. The Bertz CT molecular complexity index is 1660. The molecule has 2 aliphatic rings. The summed E-state index contributed by atoms with van der Waals surface area (Å²) in [5.74, 6) is 1.06. The van der Waals surface area contributed by atoms with Crippen LogP contribution in [0, 0.1) is 11.8 Å². The van der Waals surface area contributed by atoms with Crippen molar-refractivity contribution in [2.75, 3.05) is 18.6 Å². The lowest BCUT2D eigenvalue weighted by Crippen LogP contribution is -2.53. The molecular formula is C34H40N6O3. The molecule has 1 aromatic heterocycles. The van der Waals surface area contributed by atoms with E-state index in [-0.39, 0.29) is 23.9 Å². The van der Waals surface area contributed by atoms with E-state index < -0.39 is 12.1 Å². The zero-order chi connectivity index (χ0) is 30.2. The van der Waals surface area contributed by atoms with Gasteiger partial charge in [-0.15, -0.1) is 0 Å². The molecule has 1 aliphatic carbocycles. The molecule has 2 heterocycles. The van der Waals surface area contributed by atoms with Gasteiger partial charge in [0, 0.05) is 11.6 Å². The van der Waals surface area contributed by atoms with Crippen molar-refractivity contribution >= 4 is 34.1 Å². The number of amides is 2. The number of likely N-dealkylation sites (tertiary alicyclic amines) is 1. The molecule has 2 amide bonds. The van der Waals surface area contributed by atoms with Gasteiger partial charge in [-0.25, -0.2) is 9.78 Å². The molecule has 1 saturated heterocycles. The third kappa shape index (κ3) is 5.51. The van der Waals surface area contributed by atoms with Crippen molar-refractivity contribution in [2.24, 2.45) is 11.8 Å². The number of carbonyl (C=O) groups excluding carboxylic acids is 2. The Hall–Kier alpha value is -4.53. The molecule has 2 fully saturated rings. The quantitative estimate of drug-likeness (QED) is 0.198. The summed E-state index contributed by atoms with van der Waals surface area (Å²) in [6.07, 6.45) is 6.48. The molecule has 1 aliphatic heterocycles. The average Bonchev–Trinajstić information content (AvgIpc) is 3.65. The van der Waals surface area contributed by atoms with Gasteiger partial charge in [0.2, 0.25) is 5.91 Å². The number of carbonyl (C=O) groups is 2. The van der Waals surface area contributed by atoms with E-state index in [1.54, 1.807) is 0 Å². The molecule has 0 spiro atoms. The Labute approximate surface area is 252 Å². The van der Waals surface area contributed by atoms with E-state index in [4.69, 9.17) is 21.2 Å². The molecule has 4 aromatic rings. The number of hydrogen-bond acceptors (Lipinski definition) is 6. The summed E-state index contributed by atoms with van der Waals surface area (Å²) in [5, 5.41) is 5.01. The summed E-state index contributed by atoms with van der Waals surface area (Å²) in [6, 6.07) is 17.7. The molecule has 43 heavy (non-hydrogen) atoms. The van der Waals surface area contributed by atoms with Crippen molar-refractivity contribution in [3.8, 4) is 22.4 Å². The van der Waals surface area contributed by atoms with Crippen LogP contribution in [0.15, 0.2) is 60.8 Å². The third-order valence-corrected chi connectivity index (χ3v) is 9.22. The van der Waals surface area contributed by atoms with Crippen LogP contribution in [0.4, 0.5) is 16.2 Å². The number of aromatic amines is 1. The molecule has 1 saturated carbocycles. The molecule has 9 nitrogen and oxygen atoms in total. The number of alkyl carbamates (subject to hydrolysis) is 1. The van der Waals surface area contributed by atoms with E-state index in [0.717, 1.165) is 64.7 Å². The molecule has 6 rings (SSSR count). The van der Waals surface area contributed by atoms with E-state index in [0.29, 0.717) is 17.3 Å². The number of imidazole rings is 1. The summed E-state index contributed by atoms with van der Waals surface area (Å²) in [4.78, 5) is 36.6. The van der Waals surface area contributed by atoms with Gasteiger partial charge >= 0.3 is 6.09 Å². The zero-order valence-electron chi connectivity index (χ0n) is 25.0. The molecule has 6 N–H and O–H groups in total. The number of ether oxygens (including phenoxy) is 1. The van der Waals surface area contributed by atoms with Crippen molar-refractivity contribution in [3.63, 3.8) is 0 Å². The van der Waals surface area contributed by atoms with E-state index in [9.17, 15) is 9.59 Å². The Balaban J connectivity index is 1.28. The lowest BCUT2D eigenvalue weighted by molar-refractivity contribution is -0.138. The fourth-order valence-electron chi connectivity index (χ4n) is 6.88. The summed E-state index contributed by atoms with van der Waals surface area (Å²) in [7, 11) is 1.32. The predicted octanol–water partition coefficient (Wildman–Crippen LogP) is 6.27. The number of aromatic nitrogens is 2. The highest BCUT2D eigenvalue weighted by molar-refractivity contribution is 5.91. The van der Waals surface area contributed by atoms with Gasteiger partial charge in [-0.2, -0.15) is 0 Å². The first-order valence-corrected chi connectivity index (χ1v) is 15.1. The Morgan fingerprint density at radius 1 is 0.953 bits per heavy atom. The van der Waals surface area contributed by atoms with Crippen LogP contribution in [0.2, 0.25) is 0 Å². The minimum atomic E-state index is -0.667. The summed E-state index contributed by atoms with van der Waals surface area (Å²) < 4.78 is 4.83. The fraction of sp³-hybridized carbons (Fsp3) is 0.382. The first-order valence-electron chi connectivity index (χ1n) is 15.1. The summed E-state index contributed by atoms with van der Waals surface area (Å²) in [6.45, 7) is 3.89. The normalized spacial score (nSPS) is 20.7. The number of fused-ring (bicyclic) bond motifs is 2. The highest BCUT2D eigenvalue weighted by Crippen LogP contribution is 2.46. The van der Waals surface area contributed by atoms with Crippen molar-refractivity contribution in [1.29, 1.82) is 0 Å². The van der Waals surface area contributed by atoms with Gasteiger partial charge in [-0.3, -0.25) is 4.79 Å². The topological polar surface area (TPSA) is 139 Å². The first kappa shape index (κ1) is 28.6. The molecule has 224 valence electrons. The number of methoxy groups -OCH3 is 1. The maximum absolute atomic E-state index is 14.1. The third-order valence-electron chi connectivity index (χ3n) is 9.22. The average molecular weight is 581 g/mol. The molecule has 0 radical (unpaired) electrons. The SMILES string of the molecule is COC(=O)N[C@H](C(=O)N1[C@H](c2ncc(-c3ccc4cc(-c5ccc(N)c(N)c5)ccc4c3)[nH]2)C[C@@H]2CCCC[C@@H]21)C(C)C. The second-order valence-electron chi connectivity index (χ2n) is 12.3. The maximum Gasteiger partial charge on any atom is 0.407 e. The smallest absolute Gasteiger partial charge is 0.407 e. The summed E-state index contributed by atoms with van der Waals surface area (Å²) >= 11 is 0. The van der Waals surface area contributed by atoms with Crippen molar-refractivity contribution < 1.29 is 14.3 Å². The van der Waals surface area contributed by atoms with Crippen LogP contribution in [0.25, 0.3) is 33.2 Å². The number of nitrogens with two attached hydrogens (primary N) is 2. The maximum atomic E-state index is 14.1. The predicted molar refractivity (Wildman–Crippen MR) is 170 cm³/mol. The molecule has 3 aromatic carbocycles. The van der Waals surface area contributed by atoms with Crippen LogP contribution in [0.3, 0.4) is 0 Å². The Morgan fingerprint density at radius 2 is 1.63 bits per heavy atom. The molecule has 9 heteroatoms. The van der Waals surface area contributed by atoms with Crippen LogP contribution in [-0.4, -0.2) is 46.1 Å². The summed E-state index contributed by atoms with van der Waals surface area (Å²) in [5.41, 5.74) is 17.1. The van der Waals surface area contributed by atoms with Crippen LogP contribution >= 0.6 is 0 Å². The first-order chi connectivity index (χ1) is 20.7. The fourth-order valence-corrected chi connectivity index (χ4v) is 6.88. The highest BCUT2D eigenvalue weighted by atomic mass is 16.5. The minimum Gasteiger partial charge on any atom is -0.453 e. The minimum absolute atomic E-state index is 0.0675. The number of nitrogens with zero attached hydrogens (tertiary/aromatic N) is 2. The van der Waals surface area contributed by atoms with Crippen LogP contribution in [0.5, 0.6) is 0 Å². The molecule has 0 unspecified atom stereocenters. The van der Waals surface area contributed by atoms with E-state index in [1.807, 2.05) is 43.1 Å². The van der Waals surface area contributed by atoms with Gasteiger partial charge in [-0.05, 0) is 77.3 Å². The van der Waals surface area contributed by atoms with E-state index in [1.165, 1.54) is 13.5 Å². The van der Waals surface area contributed by atoms with Crippen molar-refractivity contribution in [2.45, 2.75) is 64.1 Å². The highest BCUT2D eigenvalue weighted by Gasteiger charge is 2.48. The Morgan fingerprint density at radius 3 is 2.35 bits per heavy atom. The number of H-pyrrole nitrogens is 1. The number of hydrogen-bond donors (Lipinski definition) is 4. The van der Waals surface area contributed by atoms with Gasteiger partial charge in [-0.1, -0.05) is 57.0 Å². The van der Waals surface area contributed by atoms with Crippen LogP contribution < -0.4 is 16.8 Å². The number of anilines is 2. The lowest BCUT2D eigenvalue weighted by Gasteiger charge is -2.36. The van der Waals surface area contributed by atoms with Crippen molar-refractivity contribution in [3.05, 3.63) is 66.6 Å². The van der Waals surface area contributed by atoms with Gasteiger partial charge in [0.05, 0.1) is 36.4 Å². The van der Waals surface area contributed by atoms with Gasteiger partial charge < -0.3 is 31.4 Å². The number of nitrogens with one attached hydrogen (secondary N) is 2. The largest absolute Gasteiger partial charge is 0.453 e. The van der Waals surface area contributed by atoms with Gasteiger partial charge in [0.25, 0.3) is 0 Å².